The van der Waals surface area contributed by atoms with E-state index in [0.29, 0.717) is 17.6 Å². The Labute approximate surface area is 168 Å². The van der Waals surface area contributed by atoms with Gasteiger partial charge in [0.2, 0.25) is 0 Å². The van der Waals surface area contributed by atoms with Gasteiger partial charge in [0, 0.05) is 0 Å². The molecule has 0 bridgehead atoms. The van der Waals surface area contributed by atoms with Gasteiger partial charge in [-0.05, 0) is 68.2 Å². The van der Waals surface area contributed by atoms with Crippen molar-refractivity contribution in [3.63, 3.8) is 0 Å². The third kappa shape index (κ3) is 4.93. The minimum absolute atomic E-state index is 0.243. The molecule has 1 aliphatic carbocycles. The van der Waals surface area contributed by atoms with Crippen LogP contribution in [0.5, 0.6) is 5.75 Å². The summed E-state index contributed by atoms with van der Waals surface area (Å²) in [6.45, 7) is 6.93. The zero-order valence-corrected chi connectivity index (χ0v) is 17.6. The van der Waals surface area contributed by atoms with Gasteiger partial charge in [-0.1, -0.05) is 45.4 Å². The monoisotopic (exact) mass is 387 g/mol. The Morgan fingerprint density at radius 3 is 2.46 bits per heavy atom. The maximum atomic E-state index is 12.5. The second kappa shape index (κ2) is 9.08. The normalized spacial score (nSPS) is 21.4. The molecule has 0 aromatic heterocycles. The van der Waals surface area contributed by atoms with Crippen molar-refractivity contribution >= 4 is 11.9 Å². The number of carbonyl (C=O) groups excluding carboxylic acids is 2. The molecule has 1 saturated heterocycles. The first-order chi connectivity index (χ1) is 13.4. The molecule has 1 aromatic carbocycles. The number of nitrogens with zero attached hydrogens (tertiary/aromatic N) is 1. The van der Waals surface area contributed by atoms with Crippen LogP contribution >= 0.6 is 0 Å². The summed E-state index contributed by atoms with van der Waals surface area (Å²) in [6, 6.07) is 5.86. The van der Waals surface area contributed by atoms with Crippen LogP contribution in [-0.4, -0.2) is 43.1 Å². The zero-order chi connectivity index (χ0) is 20.3. The topological polar surface area (TPSA) is 55.8 Å². The molecule has 154 valence electrons. The second-order valence-electron chi connectivity index (χ2n) is 8.62. The summed E-state index contributed by atoms with van der Waals surface area (Å²) in [6.07, 6.45) is 5.35. The van der Waals surface area contributed by atoms with E-state index in [1.165, 1.54) is 12.8 Å². The summed E-state index contributed by atoms with van der Waals surface area (Å²) in [4.78, 5) is 26.8. The number of para-hydroxylation sites is 1. The molecule has 2 atom stereocenters. The molecule has 1 aliphatic heterocycles. The lowest BCUT2D eigenvalue weighted by atomic mass is 9.90. The molecule has 5 nitrogen and oxygen atoms in total. The fraction of sp³-hybridized carbons (Fsp3) is 0.652. The zero-order valence-electron chi connectivity index (χ0n) is 17.6. The van der Waals surface area contributed by atoms with Gasteiger partial charge in [0.15, 0.2) is 6.61 Å². The Hall–Kier alpha value is -1.88. The Bertz CT molecular complexity index is 711. The number of piperidine rings is 1. The predicted octanol–water partition coefficient (Wildman–Crippen LogP) is 4.26. The summed E-state index contributed by atoms with van der Waals surface area (Å²) >= 11 is 0. The molecule has 5 heteroatoms. The third-order valence-corrected chi connectivity index (χ3v) is 6.11. The smallest absolute Gasteiger partial charge is 0.349 e. The number of benzene rings is 1. The molecule has 3 rings (SSSR count). The quantitative estimate of drug-likeness (QED) is 0.517. The van der Waals surface area contributed by atoms with Crippen LogP contribution < -0.4 is 4.74 Å². The van der Waals surface area contributed by atoms with Crippen LogP contribution in [0, 0.1) is 5.92 Å². The lowest BCUT2D eigenvalue weighted by Gasteiger charge is -2.30. The third-order valence-electron chi connectivity index (χ3n) is 6.11. The van der Waals surface area contributed by atoms with E-state index in [9.17, 15) is 9.59 Å². The van der Waals surface area contributed by atoms with Crippen LogP contribution in [0.1, 0.15) is 75.8 Å². The van der Waals surface area contributed by atoms with Crippen molar-refractivity contribution in [3.05, 3.63) is 29.3 Å². The van der Waals surface area contributed by atoms with Crippen LogP contribution in [0.15, 0.2) is 18.2 Å². The van der Waals surface area contributed by atoms with Crippen molar-refractivity contribution < 1.29 is 19.1 Å². The van der Waals surface area contributed by atoms with E-state index < -0.39 is 5.97 Å². The maximum absolute atomic E-state index is 12.5. The number of rotatable bonds is 7. The Balaban J connectivity index is 1.66. The van der Waals surface area contributed by atoms with Gasteiger partial charge in [0.25, 0.3) is 0 Å². The van der Waals surface area contributed by atoms with E-state index in [-0.39, 0.29) is 24.5 Å². The van der Waals surface area contributed by atoms with Crippen molar-refractivity contribution in [1.82, 2.24) is 4.90 Å². The Kier molecular flexibility index (Phi) is 6.76. The van der Waals surface area contributed by atoms with Gasteiger partial charge in [-0.2, -0.15) is 0 Å². The summed E-state index contributed by atoms with van der Waals surface area (Å²) in [7, 11) is 1.92. The highest BCUT2D eigenvalue weighted by Crippen LogP contribution is 2.46. The molecule has 1 saturated carbocycles. The Morgan fingerprint density at radius 1 is 1.11 bits per heavy atom. The van der Waals surface area contributed by atoms with E-state index in [1.54, 1.807) is 0 Å². The number of likely N-dealkylation sites (tertiary alicyclic amines) is 1. The first-order valence-corrected chi connectivity index (χ1v) is 10.6. The highest BCUT2D eigenvalue weighted by atomic mass is 16.6. The average molecular weight is 388 g/mol. The molecule has 0 N–H and O–H groups in total. The number of esters is 2. The molecule has 28 heavy (non-hydrogen) atoms. The SMILES string of the molecule is CC(C)c1cccc([C@H](C)C2CC2)c1OC(=O)COC(=O)C1CCCCN1C. The molecule has 0 spiro atoms. The summed E-state index contributed by atoms with van der Waals surface area (Å²) in [5.41, 5.74) is 2.11. The first kappa shape index (κ1) is 20.8. The molecular weight excluding hydrogens is 354 g/mol. The van der Waals surface area contributed by atoms with E-state index >= 15 is 0 Å². The van der Waals surface area contributed by atoms with Crippen molar-refractivity contribution in [3.8, 4) is 5.75 Å². The van der Waals surface area contributed by atoms with Crippen molar-refractivity contribution in [2.75, 3.05) is 20.2 Å². The number of likely N-dealkylation sites (N-methyl/N-ethyl adjacent to an activating group) is 1. The highest BCUT2D eigenvalue weighted by molar-refractivity contribution is 5.81. The number of ether oxygens (including phenoxy) is 2. The highest BCUT2D eigenvalue weighted by Gasteiger charge is 2.32. The van der Waals surface area contributed by atoms with E-state index in [4.69, 9.17) is 9.47 Å². The number of hydrogen-bond acceptors (Lipinski definition) is 5. The largest absolute Gasteiger partial charge is 0.452 e. The summed E-state index contributed by atoms with van der Waals surface area (Å²) in [5, 5.41) is 0. The van der Waals surface area contributed by atoms with Crippen molar-refractivity contribution in [1.29, 1.82) is 0 Å². The predicted molar refractivity (Wildman–Crippen MR) is 109 cm³/mol. The maximum Gasteiger partial charge on any atom is 0.349 e. The molecule has 1 unspecified atom stereocenters. The number of hydrogen-bond donors (Lipinski definition) is 0. The lowest BCUT2D eigenvalue weighted by Crippen LogP contribution is -2.43. The van der Waals surface area contributed by atoms with E-state index in [2.05, 4.69) is 26.8 Å². The van der Waals surface area contributed by atoms with Gasteiger partial charge in [-0.15, -0.1) is 0 Å². The number of carbonyl (C=O) groups is 2. The average Bonchev–Trinajstić information content (AvgIpc) is 3.51. The minimum Gasteiger partial charge on any atom is -0.452 e. The van der Waals surface area contributed by atoms with Crippen LogP contribution in [0.25, 0.3) is 0 Å². The summed E-state index contributed by atoms with van der Waals surface area (Å²) in [5.74, 6) is 1.09. The van der Waals surface area contributed by atoms with Crippen LogP contribution in [0.2, 0.25) is 0 Å². The van der Waals surface area contributed by atoms with Crippen molar-refractivity contribution in [2.45, 2.75) is 70.8 Å². The molecule has 2 fully saturated rings. The second-order valence-corrected chi connectivity index (χ2v) is 8.62. The fourth-order valence-electron chi connectivity index (χ4n) is 4.10. The van der Waals surface area contributed by atoms with Gasteiger partial charge in [0.05, 0.1) is 0 Å². The van der Waals surface area contributed by atoms with E-state index in [0.717, 1.165) is 36.9 Å². The molecule has 0 radical (unpaired) electrons. The molecule has 0 amide bonds. The van der Waals surface area contributed by atoms with Gasteiger partial charge in [-0.3, -0.25) is 9.69 Å². The van der Waals surface area contributed by atoms with Crippen molar-refractivity contribution in [2.24, 2.45) is 5.92 Å². The van der Waals surface area contributed by atoms with E-state index in [1.807, 2.05) is 24.1 Å². The van der Waals surface area contributed by atoms with Crippen LogP contribution in [-0.2, 0) is 14.3 Å². The molecule has 2 aliphatic rings. The van der Waals surface area contributed by atoms with Gasteiger partial charge in [-0.25, -0.2) is 4.79 Å². The fourth-order valence-corrected chi connectivity index (χ4v) is 4.10. The van der Waals surface area contributed by atoms with Crippen LogP contribution in [0.4, 0.5) is 0 Å². The molecule has 1 heterocycles. The summed E-state index contributed by atoms with van der Waals surface area (Å²) < 4.78 is 11.1. The van der Waals surface area contributed by atoms with Gasteiger partial charge < -0.3 is 9.47 Å². The lowest BCUT2D eigenvalue weighted by molar-refractivity contribution is -0.158. The molecular formula is C23H33NO4. The standard InChI is InChI=1S/C23H33NO4/c1-15(2)18-8-7-9-19(16(3)17-11-12-17)22(18)28-21(25)14-27-23(26)20-10-5-6-13-24(20)4/h7-9,15-17,20H,5-6,10-14H2,1-4H3/t16-,20?/m1/s1. The molecule has 1 aromatic rings. The van der Waals surface area contributed by atoms with Crippen LogP contribution in [0.3, 0.4) is 0 Å². The van der Waals surface area contributed by atoms with Gasteiger partial charge in [0.1, 0.15) is 11.8 Å². The Morgan fingerprint density at radius 2 is 1.82 bits per heavy atom. The van der Waals surface area contributed by atoms with Gasteiger partial charge >= 0.3 is 11.9 Å². The first-order valence-electron chi connectivity index (χ1n) is 10.6. The minimum atomic E-state index is -0.510.